The maximum absolute atomic E-state index is 13.0. The summed E-state index contributed by atoms with van der Waals surface area (Å²) in [5, 5.41) is 5.82. The lowest BCUT2D eigenvalue weighted by atomic mass is 10.0. The Morgan fingerprint density at radius 1 is 1.00 bits per heavy atom. The van der Waals surface area contributed by atoms with Gasteiger partial charge in [0.15, 0.2) is 0 Å². The third-order valence-corrected chi connectivity index (χ3v) is 5.54. The van der Waals surface area contributed by atoms with Crippen molar-refractivity contribution in [1.82, 2.24) is 9.91 Å². The van der Waals surface area contributed by atoms with Gasteiger partial charge in [-0.25, -0.2) is 5.01 Å². The zero-order valence-electron chi connectivity index (χ0n) is 16.4. The fourth-order valence-electron chi connectivity index (χ4n) is 3.91. The topological polar surface area (TPSA) is 39.2 Å². The molecule has 8 heteroatoms. The van der Waals surface area contributed by atoms with Crippen LogP contribution in [0.1, 0.15) is 23.6 Å². The molecule has 1 amide bonds. The van der Waals surface area contributed by atoms with Crippen molar-refractivity contribution >= 4 is 17.8 Å². The molecule has 2 aromatic rings. The van der Waals surface area contributed by atoms with E-state index in [1.165, 1.54) is 12.1 Å². The summed E-state index contributed by atoms with van der Waals surface area (Å²) in [5.74, 6) is -0.0647. The van der Waals surface area contributed by atoms with Gasteiger partial charge in [0.05, 0.1) is 18.2 Å². The van der Waals surface area contributed by atoms with Crippen LogP contribution in [0.3, 0.4) is 0 Å². The number of rotatable bonds is 4. The van der Waals surface area contributed by atoms with Crippen LogP contribution in [0, 0.1) is 0 Å². The van der Waals surface area contributed by atoms with Crippen molar-refractivity contribution in [2.24, 2.45) is 5.10 Å². The normalized spacial score (nSPS) is 20.0. The number of anilines is 1. The van der Waals surface area contributed by atoms with Gasteiger partial charge in [0.25, 0.3) is 5.91 Å². The number of halogens is 3. The lowest BCUT2D eigenvalue weighted by molar-refractivity contribution is -0.137. The summed E-state index contributed by atoms with van der Waals surface area (Å²) in [7, 11) is 0. The third-order valence-electron chi connectivity index (χ3n) is 5.54. The molecular weight excluding hydrogens is 393 g/mol. The molecule has 1 fully saturated rings. The van der Waals surface area contributed by atoms with E-state index in [-0.39, 0.29) is 18.5 Å². The molecule has 4 rings (SSSR count). The molecular formula is C22H23F3N4O. The average Bonchev–Trinajstić information content (AvgIpc) is 3.25. The zero-order chi connectivity index (χ0) is 21.1. The largest absolute Gasteiger partial charge is 0.416 e. The molecule has 5 nitrogen and oxygen atoms in total. The summed E-state index contributed by atoms with van der Waals surface area (Å²) in [4.78, 5) is 16.8. The minimum absolute atomic E-state index is 0.0647. The van der Waals surface area contributed by atoms with Crippen molar-refractivity contribution in [2.45, 2.75) is 18.6 Å². The van der Waals surface area contributed by atoms with Crippen LogP contribution in [-0.4, -0.2) is 54.8 Å². The fraction of sp³-hybridized carbons (Fsp3) is 0.364. The van der Waals surface area contributed by atoms with Crippen LogP contribution < -0.4 is 4.90 Å². The van der Waals surface area contributed by atoms with E-state index in [1.54, 1.807) is 17.3 Å². The summed E-state index contributed by atoms with van der Waals surface area (Å²) in [6.45, 7) is 2.60. The van der Waals surface area contributed by atoms with Crippen molar-refractivity contribution < 1.29 is 18.0 Å². The molecule has 30 heavy (non-hydrogen) atoms. The second-order valence-corrected chi connectivity index (χ2v) is 7.51. The Bertz CT molecular complexity index is 908. The molecule has 0 saturated carbocycles. The highest BCUT2D eigenvalue weighted by molar-refractivity contribution is 5.81. The van der Waals surface area contributed by atoms with Gasteiger partial charge in [-0.1, -0.05) is 36.4 Å². The van der Waals surface area contributed by atoms with Crippen LogP contribution in [0.5, 0.6) is 0 Å². The van der Waals surface area contributed by atoms with Gasteiger partial charge in [-0.3, -0.25) is 9.69 Å². The van der Waals surface area contributed by atoms with E-state index in [1.807, 2.05) is 40.1 Å². The van der Waals surface area contributed by atoms with Crippen LogP contribution in [-0.2, 0) is 11.0 Å². The lowest BCUT2D eigenvalue weighted by Gasteiger charge is -2.36. The Labute approximate surface area is 173 Å². The molecule has 2 aliphatic heterocycles. The van der Waals surface area contributed by atoms with Gasteiger partial charge in [0.2, 0.25) is 0 Å². The summed E-state index contributed by atoms with van der Waals surface area (Å²) in [6.07, 6.45) is -1.89. The van der Waals surface area contributed by atoms with Gasteiger partial charge in [-0.15, -0.1) is 0 Å². The number of alkyl halides is 3. The van der Waals surface area contributed by atoms with Crippen molar-refractivity contribution in [3.8, 4) is 0 Å². The maximum atomic E-state index is 13.0. The predicted octanol–water partition coefficient (Wildman–Crippen LogP) is 3.79. The molecule has 0 aromatic heterocycles. The summed E-state index contributed by atoms with van der Waals surface area (Å²) in [5.41, 5.74) is 0.971. The average molecular weight is 416 g/mol. The maximum Gasteiger partial charge on any atom is 0.416 e. The van der Waals surface area contributed by atoms with Crippen LogP contribution in [0.4, 0.5) is 18.9 Å². The van der Waals surface area contributed by atoms with E-state index >= 15 is 0 Å². The van der Waals surface area contributed by atoms with Gasteiger partial charge in [-0.05, 0) is 23.8 Å². The van der Waals surface area contributed by atoms with Gasteiger partial charge >= 0.3 is 6.18 Å². The number of hydrogen-bond acceptors (Lipinski definition) is 4. The van der Waals surface area contributed by atoms with Crippen LogP contribution in [0.2, 0.25) is 0 Å². The number of carbonyl (C=O) groups excluding carboxylic acids is 1. The fourth-order valence-corrected chi connectivity index (χ4v) is 3.91. The number of carbonyl (C=O) groups is 1. The summed E-state index contributed by atoms with van der Waals surface area (Å²) >= 11 is 0. The first-order chi connectivity index (χ1) is 14.4. The molecule has 1 atom stereocenters. The quantitative estimate of drug-likeness (QED) is 0.762. The van der Waals surface area contributed by atoms with E-state index in [0.717, 1.165) is 11.6 Å². The van der Waals surface area contributed by atoms with Gasteiger partial charge in [0, 0.05) is 44.5 Å². The Hall–Kier alpha value is -2.87. The number of piperazine rings is 1. The van der Waals surface area contributed by atoms with Crippen molar-refractivity contribution in [2.75, 3.05) is 37.6 Å². The number of hydrazone groups is 1. The number of benzene rings is 2. The first-order valence-electron chi connectivity index (χ1n) is 9.96. The van der Waals surface area contributed by atoms with Gasteiger partial charge in [-0.2, -0.15) is 18.3 Å². The summed E-state index contributed by atoms with van der Waals surface area (Å²) in [6, 6.07) is 15.1. The molecule has 2 aliphatic rings. The molecule has 2 aromatic carbocycles. The first-order valence-corrected chi connectivity index (χ1v) is 9.96. The van der Waals surface area contributed by atoms with Crippen LogP contribution >= 0.6 is 0 Å². The standard InChI is InChI=1S/C22H23F3N4O/c23-22(24,25)18-7-4-8-19(15-18)28-13-11-27(12-14-28)16-21(30)29-20(9-10-26-29)17-5-2-1-3-6-17/h1-8,10,15,20H,9,11-14,16H2/t20-/m1/s1. The molecule has 0 spiro atoms. The number of amides is 1. The number of nitrogens with zero attached hydrogens (tertiary/aromatic N) is 4. The molecule has 0 aliphatic carbocycles. The highest BCUT2D eigenvalue weighted by Gasteiger charge is 2.32. The molecule has 0 bridgehead atoms. The van der Waals surface area contributed by atoms with Crippen LogP contribution in [0.15, 0.2) is 59.7 Å². The Balaban J connectivity index is 1.34. The smallest absolute Gasteiger partial charge is 0.369 e. The van der Waals surface area contributed by atoms with Crippen molar-refractivity contribution in [3.05, 3.63) is 65.7 Å². The monoisotopic (exact) mass is 416 g/mol. The minimum Gasteiger partial charge on any atom is -0.369 e. The third kappa shape index (κ3) is 4.48. The Kier molecular flexibility index (Phi) is 5.76. The SMILES string of the molecule is O=C(CN1CCN(c2cccc(C(F)(F)F)c2)CC1)N1N=CC[C@@H]1c1ccccc1. The molecule has 0 radical (unpaired) electrons. The lowest BCUT2D eigenvalue weighted by Crippen LogP contribution is -2.49. The van der Waals surface area contributed by atoms with Gasteiger partial charge in [0.1, 0.15) is 0 Å². The minimum atomic E-state index is -4.35. The highest BCUT2D eigenvalue weighted by Crippen LogP contribution is 2.32. The molecule has 0 unspecified atom stereocenters. The number of hydrogen-bond donors (Lipinski definition) is 0. The molecule has 158 valence electrons. The second kappa shape index (κ2) is 8.47. The van der Waals surface area contributed by atoms with E-state index in [9.17, 15) is 18.0 Å². The molecule has 2 heterocycles. The second-order valence-electron chi connectivity index (χ2n) is 7.51. The first kappa shape index (κ1) is 20.4. The van der Waals surface area contributed by atoms with E-state index in [0.29, 0.717) is 38.3 Å². The van der Waals surface area contributed by atoms with E-state index < -0.39 is 11.7 Å². The van der Waals surface area contributed by atoms with Crippen LogP contribution in [0.25, 0.3) is 0 Å². The summed E-state index contributed by atoms with van der Waals surface area (Å²) < 4.78 is 38.9. The molecule has 0 N–H and O–H groups in total. The zero-order valence-corrected chi connectivity index (χ0v) is 16.4. The van der Waals surface area contributed by atoms with Crippen molar-refractivity contribution in [3.63, 3.8) is 0 Å². The Morgan fingerprint density at radius 3 is 2.43 bits per heavy atom. The van der Waals surface area contributed by atoms with Crippen molar-refractivity contribution in [1.29, 1.82) is 0 Å². The van der Waals surface area contributed by atoms with Gasteiger partial charge < -0.3 is 4.90 Å². The molecule has 1 saturated heterocycles. The van der Waals surface area contributed by atoms with E-state index in [2.05, 4.69) is 5.10 Å². The highest BCUT2D eigenvalue weighted by atomic mass is 19.4. The van der Waals surface area contributed by atoms with E-state index in [4.69, 9.17) is 0 Å². The predicted molar refractivity (Wildman–Crippen MR) is 109 cm³/mol. The Morgan fingerprint density at radius 2 is 1.73 bits per heavy atom.